The number of aryl methyl sites for hydroxylation is 1. The summed E-state index contributed by atoms with van der Waals surface area (Å²) in [5.74, 6) is 6.40. The molecule has 2 aromatic rings. The molecule has 2 N–H and O–H groups in total. The third-order valence-electron chi connectivity index (χ3n) is 1.87. The lowest BCUT2D eigenvalue weighted by molar-refractivity contribution is 0.928. The molecule has 0 spiro atoms. The summed E-state index contributed by atoms with van der Waals surface area (Å²) < 4.78 is 1.50. The Morgan fingerprint density at radius 2 is 2.31 bits per heavy atom. The Balaban J connectivity index is 2.48. The first kappa shape index (κ1) is 7.79. The summed E-state index contributed by atoms with van der Waals surface area (Å²) in [5.41, 5.74) is 1.84. The van der Waals surface area contributed by atoms with Crippen molar-refractivity contribution in [2.75, 3.05) is 5.84 Å². The number of nitrogen functional groups attached to an aromatic ring is 1. The van der Waals surface area contributed by atoms with Gasteiger partial charge in [-0.05, 0) is 19.1 Å². The first-order valence-corrected chi connectivity index (χ1v) is 3.99. The van der Waals surface area contributed by atoms with Crippen LogP contribution in [0.4, 0.5) is 0 Å². The lowest BCUT2D eigenvalue weighted by Gasteiger charge is -1.92. The van der Waals surface area contributed by atoms with Gasteiger partial charge in [-0.15, -0.1) is 0 Å². The van der Waals surface area contributed by atoms with Crippen LogP contribution in [0.25, 0.3) is 11.3 Å². The van der Waals surface area contributed by atoms with Crippen LogP contribution in [-0.4, -0.2) is 14.6 Å². The molecule has 0 aliphatic heterocycles. The molecule has 13 heavy (non-hydrogen) atoms. The summed E-state index contributed by atoms with van der Waals surface area (Å²) in [7, 11) is 0. The van der Waals surface area contributed by atoms with Gasteiger partial charge in [-0.25, -0.2) is 4.98 Å². The van der Waals surface area contributed by atoms with Gasteiger partial charge in [0.1, 0.15) is 5.82 Å². The Morgan fingerprint density at radius 3 is 2.85 bits per heavy atom. The molecule has 2 aromatic heterocycles. The smallest absolute Gasteiger partial charge is 0.124 e. The maximum atomic E-state index is 5.61. The Labute approximate surface area is 76.0 Å². The van der Waals surface area contributed by atoms with Crippen molar-refractivity contribution < 1.29 is 0 Å². The maximum Gasteiger partial charge on any atom is 0.124 e. The normalized spacial score (nSPS) is 10.2. The van der Waals surface area contributed by atoms with Gasteiger partial charge in [0.25, 0.3) is 0 Å². The van der Waals surface area contributed by atoms with E-state index in [1.807, 2.05) is 19.1 Å². The highest BCUT2D eigenvalue weighted by atomic mass is 15.3. The molecular formula is C9H10N4. The largest absolute Gasteiger partial charge is 0.338 e. The number of nitrogens with zero attached hydrogens (tertiary/aromatic N) is 3. The molecule has 66 valence electrons. The van der Waals surface area contributed by atoms with Crippen LogP contribution in [0.2, 0.25) is 0 Å². The third-order valence-corrected chi connectivity index (χ3v) is 1.87. The zero-order chi connectivity index (χ0) is 9.26. The molecule has 0 atom stereocenters. The third kappa shape index (κ3) is 1.38. The zero-order valence-corrected chi connectivity index (χ0v) is 7.31. The Hall–Kier alpha value is -1.84. The molecule has 4 heteroatoms. The SMILES string of the molecule is Cc1nc(-c2cccnc2)cn1N. The lowest BCUT2D eigenvalue weighted by atomic mass is 10.2. The average molecular weight is 174 g/mol. The molecule has 0 aliphatic rings. The molecule has 0 unspecified atom stereocenters. The van der Waals surface area contributed by atoms with E-state index in [2.05, 4.69) is 9.97 Å². The molecule has 0 fully saturated rings. The maximum absolute atomic E-state index is 5.61. The lowest BCUT2D eigenvalue weighted by Crippen LogP contribution is -2.07. The van der Waals surface area contributed by atoms with Gasteiger partial charge in [-0.3, -0.25) is 9.66 Å². The van der Waals surface area contributed by atoms with Crippen LogP contribution in [-0.2, 0) is 0 Å². The van der Waals surface area contributed by atoms with Crippen LogP contribution < -0.4 is 5.84 Å². The minimum absolute atomic E-state index is 0.791. The quantitative estimate of drug-likeness (QED) is 0.655. The highest BCUT2D eigenvalue weighted by molar-refractivity contribution is 5.56. The van der Waals surface area contributed by atoms with E-state index < -0.39 is 0 Å². The predicted octanol–water partition coefficient (Wildman–Crippen LogP) is 0.967. The second-order valence-electron chi connectivity index (χ2n) is 2.82. The zero-order valence-electron chi connectivity index (χ0n) is 7.31. The fraction of sp³-hybridized carbons (Fsp3) is 0.111. The van der Waals surface area contributed by atoms with E-state index in [-0.39, 0.29) is 0 Å². The van der Waals surface area contributed by atoms with Crippen molar-refractivity contribution in [3.63, 3.8) is 0 Å². The van der Waals surface area contributed by atoms with Gasteiger partial charge in [-0.1, -0.05) is 0 Å². The van der Waals surface area contributed by atoms with Crippen molar-refractivity contribution in [2.24, 2.45) is 0 Å². The van der Waals surface area contributed by atoms with Crippen molar-refractivity contribution in [2.45, 2.75) is 6.92 Å². The van der Waals surface area contributed by atoms with E-state index in [0.717, 1.165) is 17.1 Å². The fourth-order valence-corrected chi connectivity index (χ4v) is 1.14. The molecule has 0 radical (unpaired) electrons. The standard InChI is InChI=1S/C9H10N4/c1-7-12-9(6-13(7)10)8-3-2-4-11-5-8/h2-6H,10H2,1H3. The van der Waals surface area contributed by atoms with Crippen molar-refractivity contribution >= 4 is 0 Å². The van der Waals surface area contributed by atoms with Gasteiger partial charge in [-0.2, -0.15) is 0 Å². The van der Waals surface area contributed by atoms with E-state index in [1.165, 1.54) is 4.68 Å². The second-order valence-corrected chi connectivity index (χ2v) is 2.82. The van der Waals surface area contributed by atoms with Crippen molar-refractivity contribution in [3.8, 4) is 11.3 Å². The molecule has 2 rings (SSSR count). The van der Waals surface area contributed by atoms with E-state index >= 15 is 0 Å². The Morgan fingerprint density at radius 1 is 1.46 bits per heavy atom. The Bertz CT molecular complexity index is 385. The van der Waals surface area contributed by atoms with Crippen LogP contribution in [0.1, 0.15) is 5.82 Å². The van der Waals surface area contributed by atoms with Crippen molar-refractivity contribution in [3.05, 3.63) is 36.5 Å². The van der Waals surface area contributed by atoms with Crippen LogP contribution >= 0.6 is 0 Å². The van der Waals surface area contributed by atoms with Crippen LogP contribution in [0.5, 0.6) is 0 Å². The minimum Gasteiger partial charge on any atom is -0.338 e. The molecule has 4 nitrogen and oxygen atoms in total. The summed E-state index contributed by atoms with van der Waals surface area (Å²) in [6.07, 6.45) is 5.28. The summed E-state index contributed by atoms with van der Waals surface area (Å²) >= 11 is 0. The van der Waals surface area contributed by atoms with Gasteiger partial charge in [0.05, 0.1) is 11.9 Å². The predicted molar refractivity (Wildman–Crippen MR) is 50.3 cm³/mol. The number of imidazole rings is 1. The molecule has 0 aliphatic carbocycles. The molecule has 0 amide bonds. The highest BCUT2D eigenvalue weighted by Gasteiger charge is 2.03. The van der Waals surface area contributed by atoms with Crippen molar-refractivity contribution in [1.29, 1.82) is 0 Å². The monoisotopic (exact) mass is 174 g/mol. The fourth-order valence-electron chi connectivity index (χ4n) is 1.14. The van der Waals surface area contributed by atoms with Crippen LogP contribution in [0.3, 0.4) is 0 Å². The topological polar surface area (TPSA) is 56.7 Å². The summed E-state index contributed by atoms with van der Waals surface area (Å²) in [6, 6.07) is 3.83. The highest BCUT2D eigenvalue weighted by Crippen LogP contribution is 2.15. The molecule has 0 bridgehead atoms. The molecule has 0 aromatic carbocycles. The first-order chi connectivity index (χ1) is 6.27. The number of hydrogen-bond donors (Lipinski definition) is 1. The molecule has 2 heterocycles. The molecule has 0 saturated carbocycles. The van der Waals surface area contributed by atoms with Crippen LogP contribution in [0.15, 0.2) is 30.7 Å². The molecule has 0 saturated heterocycles. The van der Waals surface area contributed by atoms with Gasteiger partial charge in [0.15, 0.2) is 0 Å². The van der Waals surface area contributed by atoms with Gasteiger partial charge >= 0.3 is 0 Å². The minimum atomic E-state index is 0.791. The van der Waals surface area contributed by atoms with E-state index in [1.54, 1.807) is 18.6 Å². The Kier molecular flexibility index (Phi) is 1.73. The first-order valence-electron chi connectivity index (χ1n) is 3.99. The number of pyridine rings is 1. The number of aromatic nitrogens is 3. The summed E-state index contributed by atoms with van der Waals surface area (Å²) in [5, 5.41) is 0. The summed E-state index contributed by atoms with van der Waals surface area (Å²) in [4.78, 5) is 8.29. The van der Waals surface area contributed by atoms with Crippen molar-refractivity contribution in [1.82, 2.24) is 14.6 Å². The van der Waals surface area contributed by atoms with Gasteiger partial charge in [0, 0.05) is 18.0 Å². The number of rotatable bonds is 1. The van der Waals surface area contributed by atoms with E-state index in [0.29, 0.717) is 0 Å². The van der Waals surface area contributed by atoms with E-state index in [4.69, 9.17) is 5.84 Å². The number of nitrogens with two attached hydrogens (primary N) is 1. The average Bonchev–Trinajstić information content (AvgIpc) is 2.49. The van der Waals surface area contributed by atoms with Gasteiger partial charge < -0.3 is 5.84 Å². The van der Waals surface area contributed by atoms with Crippen LogP contribution in [0, 0.1) is 6.92 Å². The van der Waals surface area contributed by atoms with Gasteiger partial charge in [0.2, 0.25) is 0 Å². The summed E-state index contributed by atoms with van der Waals surface area (Å²) in [6.45, 7) is 1.86. The van der Waals surface area contributed by atoms with E-state index in [9.17, 15) is 0 Å². The number of hydrogen-bond acceptors (Lipinski definition) is 3. The molecular weight excluding hydrogens is 164 g/mol. The second kappa shape index (κ2) is 2.90.